The average Bonchev–Trinajstić information content (AvgIpc) is 3.19. The van der Waals surface area contributed by atoms with Crippen molar-refractivity contribution < 1.29 is 13.2 Å². The molecule has 0 aliphatic carbocycles. The summed E-state index contributed by atoms with van der Waals surface area (Å²) in [5, 5.41) is 1.79. The predicted molar refractivity (Wildman–Crippen MR) is 101 cm³/mol. The monoisotopic (exact) mass is 387 g/mol. The van der Waals surface area contributed by atoms with Gasteiger partial charge in [-0.3, -0.25) is 4.79 Å². The van der Waals surface area contributed by atoms with Crippen LogP contribution in [0.4, 0.5) is 0 Å². The second kappa shape index (κ2) is 5.89. The van der Waals surface area contributed by atoms with Crippen LogP contribution in [-0.4, -0.2) is 24.3 Å². The molecule has 0 spiro atoms. The number of aromatic amines is 2. The van der Waals surface area contributed by atoms with Gasteiger partial charge < -0.3 is 9.97 Å². The van der Waals surface area contributed by atoms with Gasteiger partial charge in [-0.05, 0) is 36.8 Å². The van der Waals surface area contributed by atoms with E-state index in [1.807, 2.05) is 25.1 Å². The van der Waals surface area contributed by atoms with E-state index in [4.69, 9.17) is 11.6 Å². The molecule has 0 bridgehead atoms. The number of carbonyl (C=O) groups excluding carboxylic acids is 1. The van der Waals surface area contributed by atoms with Gasteiger partial charge in [0.2, 0.25) is 0 Å². The molecule has 1 amide bonds. The zero-order valence-electron chi connectivity index (χ0n) is 13.6. The number of hydrogen-bond donors (Lipinski definition) is 3. The van der Waals surface area contributed by atoms with Gasteiger partial charge in [-0.1, -0.05) is 29.8 Å². The number of para-hydroxylation sites is 1. The van der Waals surface area contributed by atoms with Crippen LogP contribution in [0.25, 0.3) is 21.8 Å². The van der Waals surface area contributed by atoms with Gasteiger partial charge >= 0.3 is 0 Å². The minimum Gasteiger partial charge on any atom is -0.360 e. The number of sulfonamides is 1. The Morgan fingerprint density at radius 3 is 2.73 bits per heavy atom. The third-order valence-electron chi connectivity index (χ3n) is 4.23. The highest BCUT2D eigenvalue weighted by Gasteiger charge is 2.23. The second-order valence-electron chi connectivity index (χ2n) is 6.00. The molecule has 2 aromatic carbocycles. The fourth-order valence-corrected chi connectivity index (χ4v) is 4.27. The van der Waals surface area contributed by atoms with Crippen LogP contribution >= 0.6 is 11.6 Å². The fourth-order valence-electron chi connectivity index (χ4n) is 2.96. The molecule has 0 radical (unpaired) electrons. The summed E-state index contributed by atoms with van der Waals surface area (Å²) in [6.07, 6.45) is 1.34. The SMILES string of the molecule is Cc1cccc2cc(C(=O)NS(=O)(=O)c3c[nH]c4cc(Cl)ccc34)[nH]c12. The minimum absolute atomic E-state index is 0.00944. The zero-order chi connectivity index (χ0) is 18.5. The molecular formula is C18H14ClN3O3S. The third-order valence-corrected chi connectivity index (χ3v) is 5.84. The molecule has 0 aliphatic heterocycles. The lowest BCUT2D eigenvalue weighted by Crippen LogP contribution is -2.30. The molecule has 4 rings (SSSR count). The quantitative estimate of drug-likeness (QED) is 0.499. The first kappa shape index (κ1) is 16.7. The number of hydrogen-bond acceptors (Lipinski definition) is 3. The summed E-state index contributed by atoms with van der Waals surface area (Å²) in [5.41, 5.74) is 2.53. The Kier molecular flexibility index (Phi) is 3.78. The number of aryl methyl sites for hydroxylation is 1. The van der Waals surface area contributed by atoms with Crippen molar-refractivity contribution in [3.8, 4) is 0 Å². The number of carbonyl (C=O) groups is 1. The Labute approximate surface area is 154 Å². The first-order valence-corrected chi connectivity index (χ1v) is 9.63. The van der Waals surface area contributed by atoms with Gasteiger partial charge in [0.15, 0.2) is 0 Å². The van der Waals surface area contributed by atoms with E-state index in [2.05, 4.69) is 14.7 Å². The van der Waals surface area contributed by atoms with Crippen LogP contribution in [0.15, 0.2) is 53.6 Å². The van der Waals surface area contributed by atoms with E-state index in [0.717, 1.165) is 16.5 Å². The van der Waals surface area contributed by atoms with Gasteiger partial charge in [0, 0.05) is 33.0 Å². The Morgan fingerprint density at radius 2 is 1.96 bits per heavy atom. The number of H-pyrrole nitrogens is 2. The van der Waals surface area contributed by atoms with Gasteiger partial charge in [0.25, 0.3) is 15.9 Å². The van der Waals surface area contributed by atoms with E-state index in [0.29, 0.717) is 15.9 Å². The summed E-state index contributed by atoms with van der Waals surface area (Å²) >= 11 is 5.91. The zero-order valence-corrected chi connectivity index (χ0v) is 15.2. The van der Waals surface area contributed by atoms with Gasteiger partial charge in [0.05, 0.1) is 0 Å². The molecule has 0 aliphatic rings. The van der Waals surface area contributed by atoms with Gasteiger partial charge in [-0.15, -0.1) is 0 Å². The summed E-state index contributed by atoms with van der Waals surface area (Å²) in [4.78, 5) is 18.3. The number of benzene rings is 2. The maximum atomic E-state index is 12.7. The molecule has 132 valence electrons. The van der Waals surface area contributed by atoms with E-state index in [1.165, 1.54) is 6.20 Å². The first-order valence-electron chi connectivity index (χ1n) is 7.77. The van der Waals surface area contributed by atoms with Crippen molar-refractivity contribution in [2.24, 2.45) is 0 Å². The van der Waals surface area contributed by atoms with Crippen LogP contribution in [0.3, 0.4) is 0 Å². The van der Waals surface area contributed by atoms with Crippen molar-refractivity contribution in [2.75, 3.05) is 0 Å². The molecule has 3 N–H and O–H groups in total. The van der Waals surface area contributed by atoms with Crippen LogP contribution in [0.2, 0.25) is 5.02 Å². The molecule has 26 heavy (non-hydrogen) atoms. The molecule has 2 heterocycles. The molecule has 0 fully saturated rings. The summed E-state index contributed by atoms with van der Waals surface area (Å²) in [6, 6.07) is 12.1. The van der Waals surface area contributed by atoms with E-state index in [9.17, 15) is 13.2 Å². The van der Waals surface area contributed by atoms with E-state index in [-0.39, 0.29) is 10.6 Å². The smallest absolute Gasteiger partial charge is 0.281 e. The summed E-state index contributed by atoms with van der Waals surface area (Å²) in [5.74, 6) is -0.719. The lowest BCUT2D eigenvalue weighted by atomic mass is 10.2. The number of rotatable bonds is 3. The Hall–Kier alpha value is -2.77. The highest BCUT2D eigenvalue weighted by molar-refractivity contribution is 7.90. The van der Waals surface area contributed by atoms with E-state index >= 15 is 0 Å². The number of fused-ring (bicyclic) bond motifs is 2. The molecule has 0 unspecified atom stereocenters. The number of amides is 1. The van der Waals surface area contributed by atoms with E-state index in [1.54, 1.807) is 24.3 Å². The molecule has 0 saturated carbocycles. The molecule has 2 aromatic heterocycles. The van der Waals surface area contributed by atoms with Crippen molar-refractivity contribution in [3.05, 3.63) is 64.9 Å². The summed E-state index contributed by atoms with van der Waals surface area (Å²) in [6.45, 7) is 1.91. The highest BCUT2D eigenvalue weighted by Crippen LogP contribution is 2.25. The number of nitrogens with one attached hydrogen (secondary N) is 3. The number of halogens is 1. The predicted octanol–water partition coefficient (Wildman–Crippen LogP) is 3.73. The van der Waals surface area contributed by atoms with Crippen LogP contribution in [0.5, 0.6) is 0 Å². The largest absolute Gasteiger partial charge is 0.360 e. The van der Waals surface area contributed by atoms with Gasteiger partial charge in [0.1, 0.15) is 10.6 Å². The number of aromatic nitrogens is 2. The molecular weight excluding hydrogens is 374 g/mol. The molecule has 6 nitrogen and oxygen atoms in total. The van der Waals surface area contributed by atoms with Crippen molar-refractivity contribution in [1.82, 2.24) is 14.7 Å². The highest BCUT2D eigenvalue weighted by atomic mass is 35.5. The van der Waals surface area contributed by atoms with Crippen LogP contribution in [-0.2, 0) is 10.0 Å². The molecule has 4 aromatic rings. The first-order chi connectivity index (χ1) is 12.3. The maximum Gasteiger partial charge on any atom is 0.281 e. The second-order valence-corrected chi connectivity index (χ2v) is 8.09. The Bertz CT molecular complexity index is 1270. The standard InChI is InChI=1S/C18H14ClN3O3S/c1-10-3-2-4-11-7-15(21-17(10)11)18(23)22-26(24,25)16-9-20-14-8-12(19)5-6-13(14)16/h2-9,20-21H,1H3,(H,22,23). The molecule has 0 saturated heterocycles. The molecule has 8 heteroatoms. The maximum absolute atomic E-state index is 12.7. The van der Waals surface area contributed by atoms with Crippen molar-refractivity contribution in [1.29, 1.82) is 0 Å². The van der Waals surface area contributed by atoms with Crippen molar-refractivity contribution in [3.63, 3.8) is 0 Å². The topological polar surface area (TPSA) is 94.8 Å². The lowest BCUT2D eigenvalue weighted by Gasteiger charge is -2.05. The van der Waals surface area contributed by atoms with Gasteiger partial charge in [-0.25, -0.2) is 13.1 Å². The van der Waals surface area contributed by atoms with Crippen LogP contribution in [0.1, 0.15) is 16.1 Å². The minimum atomic E-state index is -4.05. The third kappa shape index (κ3) is 2.75. The normalized spacial score (nSPS) is 11.9. The van der Waals surface area contributed by atoms with Crippen molar-refractivity contribution in [2.45, 2.75) is 11.8 Å². The fraction of sp³-hybridized carbons (Fsp3) is 0.0556. The molecule has 0 atom stereocenters. The van der Waals surface area contributed by atoms with Crippen LogP contribution < -0.4 is 4.72 Å². The summed E-state index contributed by atoms with van der Waals surface area (Å²) < 4.78 is 27.4. The van der Waals surface area contributed by atoms with Crippen molar-refractivity contribution >= 4 is 49.3 Å². The lowest BCUT2D eigenvalue weighted by molar-refractivity contribution is 0.0977. The summed E-state index contributed by atoms with van der Waals surface area (Å²) in [7, 11) is -4.05. The average molecular weight is 388 g/mol. The van der Waals surface area contributed by atoms with Gasteiger partial charge in [-0.2, -0.15) is 0 Å². The Balaban J connectivity index is 1.70. The Morgan fingerprint density at radius 1 is 1.15 bits per heavy atom. The van der Waals surface area contributed by atoms with E-state index < -0.39 is 15.9 Å². The van der Waals surface area contributed by atoms with Crippen LogP contribution in [0, 0.1) is 6.92 Å².